The molecule has 6 aromatic rings. The van der Waals surface area contributed by atoms with Gasteiger partial charge in [0.2, 0.25) is 5.90 Å². The maximum atomic E-state index is 5.82. The highest BCUT2D eigenvalue weighted by Gasteiger charge is 2.27. The Kier molecular flexibility index (Phi) is 4.87. The molecule has 3 heteroatoms. The minimum atomic E-state index is -0.208. The summed E-state index contributed by atoms with van der Waals surface area (Å²) in [6.45, 7) is 4.73. The molecule has 1 aliphatic rings. The Bertz CT molecular complexity index is 1790. The smallest absolute Gasteiger partial charge is 0.236 e. The molecule has 0 saturated carbocycles. The monoisotopic (exact) mass is 478 g/mol. The van der Waals surface area contributed by atoms with E-state index in [4.69, 9.17) is 14.7 Å². The fourth-order valence-corrected chi connectivity index (χ4v) is 5.48. The molecule has 0 spiro atoms. The molecule has 0 radical (unpaired) electrons. The van der Waals surface area contributed by atoms with Gasteiger partial charge < -0.3 is 4.74 Å². The SMILES string of the molecule is CC1(C)COC(c2ccc(-c3c4ccccc4c(-c4ccc5ccccc5c4)c4ccccc34)cn2)=N1. The van der Waals surface area contributed by atoms with Crippen molar-refractivity contribution in [3.63, 3.8) is 0 Å². The fraction of sp³-hybridized carbons (Fsp3) is 0.118. The van der Waals surface area contributed by atoms with Crippen molar-refractivity contribution < 1.29 is 4.74 Å². The maximum absolute atomic E-state index is 5.82. The zero-order chi connectivity index (χ0) is 25.0. The normalized spacial score (nSPS) is 14.7. The van der Waals surface area contributed by atoms with E-state index in [0.29, 0.717) is 12.5 Å². The molecular weight excluding hydrogens is 452 g/mol. The first-order valence-electron chi connectivity index (χ1n) is 12.7. The third-order valence-electron chi connectivity index (χ3n) is 7.21. The summed E-state index contributed by atoms with van der Waals surface area (Å²) in [6.07, 6.45) is 1.95. The van der Waals surface area contributed by atoms with Gasteiger partial charge in [-0.1, -0.05) is 91.0 Å². The number of rotatable bonds is 3. The second kappa shape index (κ2) is 8.28. The van der Waals surface area contributed by atoms with Gasteiger partial charge in [0.25, 0.3) is 0 Å². The van der Waals surface area contributed by atoms with E-state index in [-0.39, 0.29) is 5.54 Å². The highest BCUT2D eigenvalue weighted by molar-refractivity contribution is 6.21. The van der Waals surface area contributed by atoms with E-state index in [1.165, 1.54) is 49.0 Å². The van der Waals surface area contributed by atoms with Crippen molar-refractivity contribution in [2.24, 2.45) is 4.99 Å². The lowest BCUT2D eigenvalue weighted by molar-refractivity contribution is 0.279. The van der Waals surface area contributed by atoms with Gasteiger partial charge in [-0.2, -0.15) is 0 Å². The van der Waals surface area contributed by atoms with E-state index in [0.717, 1.165) is 11.3 Å². The minimum absolute atomic E-state index is 0.208. The molecule has 0 amide bonds. The summed E-state index contributed by atoms with van der Waals surface area (Å²) in [4.78, 5) is 9.47. The van der Waals surface area contributed by atoms with Crippen LogP contribution >= 0.6 is 0 Å². The van der Waals surface area contributed by atoms with Crippen LogP contribution in [0.25, 0.3) is 54.6 Å². The van der Waals surface area contributed by atoms with E-state index in [2.05, 4.69) is 111 Å². The van der Waals surface area contributed by atoms with Gasteiger partial charge in [0.15, 0.2) is 0 Å². The van der Waals surface area contributed by atoms with Gasteiger partial charge in [-0.05, 0) is 75.0 Å². The topological polar surface area (TPSA) is 34.5 Å². The summed E-state index contributed by atoms with van der Waals surface area (Å²) in [7, 11) is 0. The van der Waals surface area contributed by atoms with Gasteiger partial charge >= 0.3 is 0 Å². The van der Waals surface area contributed by atoms with Gasteiger partial charge in [0.05, 0.1) is 5.54 Å². The zero-order valence-corrected chi connectivity index (χ0v) is 20.9. The van der Waals surface area contributed by atoms with Gasteiger partial charge in [-0.25, -0.2) is 4.99 Å². The molecule has 5 aromatic carbocycles. The minimum Gasteiger partial charge on any atom is -0.474 e. The summed E-state index contributed by atoms with van der Waals surface area (Å²) >= 11 is 0. The molecule has 2 heterocycles. The molecule has 0 aliphatic carbocycles. The molecule has 0 atom stereocenters. The lowest BCUT2D eigenvalue weighted by Crippen LogP contribution is -2.17. The van der Waals surface area contributed by atoms with Crippen LogP contribution in [0.15, 0.2) is 114 Å². The van der Waals surface area contributed by atoms with Crippen LogP contribution in [0, 0.1) is 0 Å². The molecule has 1 aliphatic heterocycles. The predicted molar refractivity (Wildman–Crippen MR) is 154 cm³/mol. The molecule has 0 bridgehead atoms. The van der Waals surface area contributed by atoms with Gasteiger partial charge in [-0.15, -0.1) is 0 Å². The van der Waals surface area contributed by atoms with Crippen LogP contribution in [0.5, 0.6) is 0 Å². The molecule has 1 aromatic heterocycles. The van der Waals surface area contributed by atoms with Crippen LogP contribution < -0.4 is 0 Å². The molecule has 3 nitrogen and oxygen atoms in total. The van der Waals surface area contributed by atoms with Gasteiger partial charge in [0, 0.05) is 11.8 Å². The molecule has 0 unspecified atom stereocenters. The van der Waals surface area contributed by atoms with E-state index < -0.39 is 0 Å². The van der Waals surface area contributed by atoms with Crippen molar-refractivity contribution >= 4 is 38.2 Å². The Labute approximate surface area is 216 Å². The average Bonchev–Trinajstić information content (AvgIpc) is 3.31. The predicted octanol–water partition coefficient (Wildman–Crippen LogP) is 8.43. The first-order valence-corrected chi connectivity index (χ1v) is 12.7. The Morgan fingerprint density at radius 3 is 1.76 bits per heavy atom. The molecule has 0 saturated heterocycles. The number of nitrogens with zero attached hydrogens (tertiary/aromatic N) is 2. The van der Waals surface area contributed by atoms with E-state index in [1.807, 2.05) is 12.3 Å². The van der Waals surface area contributed by atoms with Crippen LogP contribution in [-0.2, 0) is 4.74 Å². The van der Waals surface area contributed by atoms with Crippen LogP contribution in [0.2, 0.25) is 0 Å². The Balaban J connectivity index is 1.47. The Morgan fingerprint density at radius 2 is 1.19 bits per heavy atom. The maximum Gasteiger partial charge on any atom is 0.236 e. The zero-order valence-electron chi connectivity index (χ0n) is 20.9. The fourth-order valence-electron chi connectivity index (χ4n) is 5.48. The number of ether oxygens (including phenoxy) is 1. The standard InChI is InChI=1S/C34H26N2O/c1-34(2)21-37-33(36-34)30-18-17-25(20-35-30)32-28-13-7-5-11-26(28)31(27-12-6-8-14-29(27)32)24-16-15-22-9-3-4-10-23(22)19-24/h3-20H,21H2,1-2H3. The summed E-state index contributed by atoms with van der Waals surface area (Å²) < 4.78 is 5.82. The molecule has 7 rings (SSSR count). The van der Waals surface area contributed by atoms with Crippen LogP contribution in [0.1, 0.15) is 19.5 Å². The lowest BCUT2D eigenvalue weighted by atomic mass is 9.86. The summed E-state index contributed by atoms with van der Waals surface area (Å²) in [6, 6.07) is 36.9. The van der Waals surface area contributed by atoms with Crippen molar-refractivity contribution in [1.29, 1.82) is 0 Å². The highest BCUT2D eigenvalue weighted by Crippen LogP contribution is 2.43. The molecule has 0 fully saturated rings. The second-order valence-electron chi connectivity index (χ2n) is 10.4. The quantitative estimate of drug-likeness (QED) is 0.239. The number of hydrogen-bond acceptors (Lipinski definition) is 3. The number of aromatic nitrogens is 1. The third-order valence-corrected chi connectivity index (χ3v) is 7.21. The number of fused-ring (bicyclic) bond motifs is 3. The summed E-state index contributed by atoms with van der Waals surface area (Å²) in [5.74, 6) is 0.623. The Hall–Kier alpha value is -4.50. The number of hydrogen-bond donors (Lipinski definition) is 0. The van der Waals surface area contributed by atoms with Gasteiger partial charge in [0.1, 0.15) is 12.3 Å². The summed E-state index contributed by atoms with van der Waals surface area (Å²) in [5.41, 5.74) is 5.34. The van der Waals surface area contributed by atoms with Crippen molar-refractivity contribution in [2.45, 2.75) is 19.4 Å². The molecule has 0 N–H and O–H groups in total. The van der Waals surface area contributed by atoms with Gasteiger partial charge in [-0.3, -0.25) is 4.98 Å². The van der Waals surface area contributed by atoms with Crippen molar-refractivity contribution in [3.05, 3.63) is 115 Å². The molecule has 37 heavy (non-hydrogen) atoms. The van der Waals surface area contributed by atoms with E-state index in [9.17, 15) is 0 Å². The van der Waals surface area contributed by atoms with Crippen molar-refractivity contribution in [1.82, 2.24) is 4.98 Å². The van der Waals surface area contributed by atoms with Crippen LogP contribution in [-0.4, -0.2) is 23.0 Å². The van der Waals surface area contributed by atoms with E-state index >= 15 is 0 Å². The van der Waals surface area contributed by atoms with E-state index in [1.54, 1.807) is 0 Å². The van der Waals surface area contributed by atoms with Crippen molar-refractivity contribution in [2.75, 3.05) is 6.61 Å². The largest absolute Gasteiger partial charge is 0.474 e. The number of benzene rings is 5. The first-order chi connectivity index (χ1) is 18.1. The average molecular weight is 479 g/mol. The summed E-state index contributed by atoms with van der Waals surface area (Å²) in [5, 5.41) is 7.41. The van der Waals surface area contributed by atoms with Crippen molar-refractivity contribution in [3.8, 4) is 22.3 Å². The first kappa shape index (κ1) is 21.8. The molecular formula is C34H26N2O. The lowest BCUT2D eigenvalue weighted by Gasteiger charge is -2.18. The molecule has 178 valence electrons. The van der Waals surface area contributed by atoms with Crippen LogP contribution in [0.3, 0.4) is 0 Å². The van der Waals surface area contributed by atoms with Crippen LogP contribution in [0.4, 0.5) is 0 Å². The highest BCUT2D eigenvalue weighted by atomic mass is 16.5. The number of pyridine rings is 1. The third kappa shape index (κ3) is 3.66. The second-order valence-corrected chi connectivity index (χ2v) is 10.4. The number of aliphatic imine (C=N–C) groups is 1. The Morgan fingerprint density at radius 1 is 0.622 bits per heavy atom.